The van der Waals surface area contributed by atoms with Crippen molar-refractivity contribution < 1.29 is 13.9 Å². The number of amides is 1. The number of ether oxygens (including phenoxy) is 1. The van der Waals surface area contributed by atoms with Crippen molar-refractivity contribution in [2.45, 2.75) is 5.03 Å². The molecule has 132 valence electrons. The van der Waals surface area contributed by atoms with E-state index in [1.54, 1.807) is 0 Å². The van der Waals surface area contributed by atoms with Gasteiger partial charge in [0, 0.05) is 24.8 Å². The van der Waals surface area contributed by atoms with Crippen molar-refractivity contribution in [3.05, 3.63) is 41.4 Å². The van der Waals surface area contributed by atoms with Gasteiger partial charge in [0.1, 0.15) is 23.0 Å². The highest BCUT2D eigenvalue weighted by molar-refractivity contribution is 7.99. The van der Waals surface area contributed by atoms with Crippen LogP contribution >= 0.6 is 23.4 Å². The lowest BCUT2D eigenvalue weighted by molar-refractivity contribution is -0.113. The molecular weight excluding hydrogens is 367 g/mol. The van der Waals surface area contributed by atoms with Crippen LogP contribution in [0.25, 0.3) is 0 Å². The van der Waals surface area contributed by atoms with Crippen molar-refractivity contribution in [1.29, 1.82) is 0 Å². The maximum atomic E-state index is 13.1. The average Bonchev–Trinajstić information content (AvgIpc) is 2.64. The predicted octanol–water partition coefficient (Wildman–Crippen LogP) is 2.84. The van der Waals surface area contributed by atoms with Gasteiger partial charge in [-0.25, -0.2) is 14.4 Å². The fourth-order valence-electron chi connectivity index (χ4n) is 2.28. The molecule has 3 rings (SSSR count). The van der Waals surface area contributed by atoms with Gasteiger partial charge in [0.05, 0.1) is 24.0 Å². The molecule has 0 radical (unpaired) electrons. The van der Waals surface area contributed by atoms with Crippen LogP contribution in [0, 0.1) is 5.82 Å². The fraction of sp³-hybridized carbons (Fsp3) is 0.312. The number of morpholine rings is 1. The lowest BCUT2D eigenvalue weighted by Crippen LogP contribution is -2.36. The smallest absolute Gasteiger partial charge is 0.234 e. The van der Waals surface area contributed by atoms with E-state index in [4.69, 9.17) is 16.3 Å². The van der Waals surface area contributed by atoms with Crippen LogP contribution in [0.5, 0.6) is 0 Å². The Labute approximate surface area is 153 Å². The number of rotatable bonds is 5. The third kappa shape index (κ3) is 5.04. The molecular formula is C16H16ClFN4O2S. The first-order valence-corrected chi connectivity index (χ1v) is 9.00. The third-order valence-corrected chi connectivity index (χ3v) is 4.73. The first kappa shape index (κ1) is 17.9. The number of aromatic nitrogens is 2. The van der Waals surface area contributed by atoms with E-state index < -0.39 is 5.82 Å². The highest BCUT2D eigenvalue weighted by Crippen LogP contribution is 2.22. The van der Waals surface area contributed by atoms with Crippen molar-refractivity contribution in [3.8, 4) is 0 Å². The Kier molecular flexibility index (Phi) is 6.06. The molecule has 1 fully saturated rings. The molecule has 0 bridgehead atoms. The molecule has 1 saturated heterocycles. The summed E-state index contributed by atoms with van der Waals surface area (Å²) in [5, 5.41) is 3.36. The van der Waals surface area contributed by atoms with Gasteiger partial charge in [-0.3, -0.25) is 4.79 Å². The van der Waals surface area contributed by atoms with Crippen LogP contribution in [0.2, 0.25) is 5.02 Å². The fourth-order valence-corrected chi connectivity index (χ4v) is 3.13. The topological polar surface area (TPSA) is 67.4 Å². The zero-order chi connectivity index (χ0) is 17.6. The number of carbonyl (C=O) groups is 1. The van der Waals surface area contributed by atoms with E-state index in [9.17, 15) is 9.18 Å². The van der Waals surface area contributed by atoms with Gasteiger partial charge in [-0.2, -0.15) is 0 Å². The van der Waals surface area contributed by atoms with Gasteiger partial charge in [0.15, 0.2) is 0 Å². The molecule has 25 heavy (non-hydrogen) atoms. The van der Waals surface area contributed by atoms with Crippen molar-refractivity contribution in [2.75, 3.05) is 42.3 Å². The van der Waals surface area contributed by atoms with E-state index in [-0.39, 0.29) is 16.7 Å². The molecule has 1 N–H and O–H groups in total. The molecule has 1 aromatic heterocycles. The number of hydrogen-bond donors (Lipinski definition) is 1. The predicted molar refractivity (Wildman–Crippen MR) is 95.8 cm³/mol. The lowest BCUT2D eigenvalue weighted by Gasteiger charge is -2.27. The van der Waals surface area contributed by atoms with Crippen molar-refractivity contribution in [3.63, 3.8) is 0 Å². The molecule has 1 aromatic carbocycles. The van der Waals surface area contributed by atoms with E-state index in [0.29, 0.717) is 23.9 Å². The van der Waals surface area contributed by atoms with Gasteiger partial charge in [0.2, 0.25) is 5.91 Å². The number of benzene rings is 1. The van der Waals surface area contributed by atoms with E-state index in [1.165, 1.54) is 36.3 Å². The Balaban J connectivity index is 1.55. The maximum Gasteiger partial charge on any atom is 0.234 e. The summed E-state index contributed by atoms with van der Waals surface area (Å²) in [6.07, 6.45) is 1.49. The maximum absolute atomic E-state index is 13.1. The molecule has 0 atom stereocenters. The summed E-state index contributed by atoms with van der Waals surface area (Å²) in [4.78, 5) is 22.6. The molecule has 0 aliphatic carbocycles. The van der Waals surface area contributed by atoms with E-state index in [0.717, 1.165) is 18.9 Å². The van der Waals surface area contributed by atoms with Crippen LogP contribution in [0.3, 0.4) is 0 Å². The van der Waals surface area contributed by atoms with Gasteiger partial charge in [0.25, 0.3) is 0 Å². The van der Waals surface area contributed by atoms with Gasteiger partial charge in [-0.05, 0) is 18.2 Å². The first-order valence-electron chi connectivity index (χ1n) is 7.64. The number of thioether (sulfide) groups is 1. The van der Waals surface area contributed by atoms with E-state index in [1.807, 2.05) is 6.07 Å². The first-order chi connectivity index (χ1) is 12.1. The van der Waals surface area contributed by atoms with Crippen LogP contribution in [0.15, 0.2) is 35.6 Å². The zero-order valence-electron chi connectivity index (χ0n) is 13.2. The molecule has 1 amide bonds. The number of nitrogens with one attached hydrogen (secondary N) is 1. The molecule has 2 aromatic rings. The molecule has 0 saturated carbocycles. The molecule has 2 heterocycles. The van der Waals surface area contributed by atoms with Crippen molar-refractivity contribution in [2.24, 2.45) is 0 Å². The zero-order valence-corrected chi connectivity index (χ0v) is 14.8. The van der Waals surface area contributed by atoms with Gasteiger partial charge < -0.3 is 15.0 Å². The van der Waals surface area contributed by atoms with Crippen LogP contribution in [0.1, 0.15) is 0 Å². The van der Waals surface area contributed by atoms with E-state index in [2.05, 4.69) is 20.2 Å². The molecule has 0 spiro atoms. The van der Waals surface area contributed by atoms with E-state index >= 15 is 0 Å². The number of halogens is 2. The summed E-state index contributed by atoms with van der Waals surface area (Å²) in [7, 11) is 0. The summed E-state index contributed by atoms with van der Waals surface area (Å²) < 4.78 is 18.4. The minimum absolute atomic E-state index is 0.0311. The van der Waals surface area contributed by atoms with Crippen LogP contribution in [-0.4, -0.2) is 47.9 Å². The average molecular weight is 383 g/mol. The second-order valence-electron chi connectivity index (χ2n) is 5.28. The normalized spacial score (nSPS) is 14.4. The second kappa shape index (κ2) is 8.46. The summed E-state index contributed by atoms with van der Waals surface area (Å²) in [5.41, 5.74) is 0.452. The highest BCUT2D eigenvalue weighted by atomic mass is 35.5. The lowest BCUT2D eigenvalue weighted by atomic mass is 10.3. The van der Waals surface area contributed by atoms with Crippen molar-refractivity contribution >= 4 is 40.8 Å². The summed E-state index contributed by atoms with van der Waals surface area (Å²) >= 11 is 7.00. The molecule has 6 nitrogen and oxygen atoms in total. The number of carbonyl (C=O) groups excluding carboxylic acids is 1. The largest absolute Gasteiger partial charge is 0.378 e. The summed E-state index contributed by atoms with van der Waals surface area (Å²) in [5.74, 6) is 0.255. The summed E-state index contributed by atoms with van der Waals surface area (Å²) in [6, 6.07) is 5.91. The van der Waals surface area contributed by atoms with Gasteiger partial charge >= 0.3 is 0 Å². The Morgan fingerprint density at radius 3 is 2.88 bits per heavy atom. The van der Waals surface area contributed by atoms with Crippen molar-refractivity contribution in [1.82, 2.24) is 9.97 Å². The molecule has 1 aliphatic rings. The number of nitrogens with zero attached hydrogens (tertiary/aromatic N) is 3. The van der Waals surface area contributed by atoms with Crippen LogP contribution < -0.4 is 10.2 Å². The Hall–Kier alpha value is -1.90. The number of hydrogen-bond acceptors (Lipinski definition) is 6. The van der Waals surface area contributed by atoms with Crippen LogP contribution in [0.4, 0.5) is 15.9 Å². The molecule has 1 aliphatic heterocycles. The third-order valence-electron chi connectivity index (χ3n) is 3.52. The van der Waals surface area contributed by atoms with Crippen LogP contribution in [-0.2, 0) is 9.53 Å². The Morgan fingerprint density at radius 1 is 1.32 bits per heavy atom. The minimum atomic E-state index is -0.523. The Morgan fingerprint density at radius 2 is 2.12 bits per heavy atom. The van der Waals surface area contributed by atoms with Gasteiger partial charge in [-0.1, -0.05) is 23.4 Å². The highest BCUT2D eigenvalue weighted by Gasteiger charge is 2.14. The summed E-state index contributed by atoms with van der Waals surface area (Å²) in [6.45, 7) is 2.92. The molecule has 0 unspecified atom stereocenters. The SMILES string of the molecule is O=C(CSc1cc(N2CCOCC2)ncn1)Nc1ccc(F)c(Cl)c1. The molecule has 9 heteroatoms. The monoisotopic (exact) mass is 382 g/mol. The second-order valence-corrected chi connectivity index (χ2v) is 6.68. The van der Waals surface area contributed by atoms with Gasteiger partial charge in [-0.15, -0.1) is 0 Å². The number of anilines is 2. The standard InChI is InChI=1S/C16H16ClFN4O2S/c17-12-7-11(1-2-13(12)18)21-15(23)9-25-16-8-14(19-10-20-16)22-3-5-24-6-4-22/h1-2,7-8,10H,3-6,9H2,(H,21,23). The quantitative estimate of drug-likeness (QED) is 0.633. The Bertz CT molecular complexity index is 759. The minimum Gasteiger partial charge on any atom is -0.378 e.